The quantitative estimate of drug-likeness (QED) is 0.0254. The molecule has 1 atom stereocenters. The first-order valence-corrected chi connectivity index (χ1v) is 28.0. The highest BCUT2D eigenvalue weighted by Crippen LogP contribution is 2.36. The van der Waals surface area contributed by atoms with E-state index in [1.54, 1.807) is 0 Å². The number of hydrogen-bond donors (Lipinski definition) is 9. The number of aromatic nitrogens is 3. The van der Waals surface area contributed by atoms with Crippen molar-refractivity contribution in [1.29, 1.82) is 0 Å². The number of fused-ring (bicyclic) bond motifs is 1. The highest BCUT2D eigenvalue weighted by molar-refractivity contribution is 7.87. The van der Waals surface area contributed by atoms with Crippen LogP contribution in [0.1, 0.15) is 13.3 Å². The summed E-state index contributed by atoms with van der Waals surface area (Å²) in [6, 6.07) is 16.6. The highest BCUT2D eigenvalue weighted by Gasteiger charge is 2.24. The maximum Gasteiger partial charge on any atom is 0.296 e. The van der Waals surface area contributed by atoms with E-state index in [2.05, 4.69) is 51.4 Å². The van der Waals surface area contributed by atoms with Crippen LogP contribution in [-0.4, -0.2) is 111 Å². The van der Waals surface area contributed by atoms with Crippen LogP contribution >= 0.6 is 0 Å². The van der Waals surface area contributed by atoms with Gasteiger partial charge in [-0.25, -0.2) is 0 Å². The number of nitrogens with zero attached hydrogens (tertiary/aromatic N) is 7. The van der Waals surface area contributed by atoms with Gasteiger partial charge in [0.05, 0.1) is 40.0 Å². The minimum absolute atomic E-state index is 0.0206. The van der Waals surface area contributed by atoms with Gasteiger partial charge in [0, 0.05) is 22.5 Å². The van der Waals surface area contributed by atoms with Crippen LogP contribution in [0.15, 0.2) is 131 Å². The summed E-state index contributed by atoms with van der Waals surface area (Å²) in [7, 11) is -28.8. The summed E-state index contributed by atoms with van der Waals surface area (Å²) < 4.78 is 206. The molecule has 1 heterocycles. The Balaban J connectivity index is 1.32. The SMILES string of the molecule is CC(Nc1nc(Nc2ccc(N=Nc3cc(S(=O)(=O)O)c4cccc(S(=O)(=O)O)c4c3)cc2)nc(Nc2ccc(N=Nc3cc(S(=O)(=O)O)ccc3S(=O)(=O)O)cc2OCCCS(=O)(=O)O)n1)S(=O)(=O)O. The molecule has 0 saturated heterocycles. The molecule has 1 aromatic heterocycles. The zero-order valence-corrected chi connectivity index (χ0v) is 40.3. The van der Waals surface area contributed by atoms with E-state index < -0.39 is 103 Å². The number of benzene rings is 5. The van der Waals surface area contributed by atoms with E-state index in [0.29, 0.717) is 18.2 Å². The third-order valence-corrected chi connectivity index (χ3v) is 14.4. The Morgan fingerprint density at radius 1 is 0.549 bits per heavy atom. The first-order chi connectivity index (χ1) is 32.8. The summed E-state index contributed by atoms with van der Waals surface area (Å²) in [5, 5.41) is 21.4. The van der Waals surface area contributed by atoms with E-state index in [4.69, 9.17) is 4.74 Å². The molecular weight excluding hydrogens is 1070 g/mol. The summed E-state index contributed by atoms with van der Waals surface area (Å²) in [5.41, 5.74) is -0.753. The van der Waals surface area contributed by atoms with Crippen molar-refractivity contribution in [2.24, 2.45) is 20.5 Å². The Bertz CT molecular complexity index is 3830. The lowest BCUT2D eigenvalue weighted by Gasteiger charge is -2.16. The number of rotatable bonds is 20. The molecule has 6 rings (SSSR count). The molecule has 0 saturated carbocycles. The fourth-order valence-corrected chi connectivity index (χ4v) is 9.14. The average molecular weight is 1100 g/mol. The van der Waals surface area contributed by atoms with Crippen LogP contribution in [0.25, 0.3) is 10.8 Å². The number of anilines is 5. The molecule has 0 radical (unpaired) electrons. The molecule has 378 valence electrons. The largest absolute Gasteiger partial charge is 0.491 e. The van der Waals surface area contributed by atoms with E-state index in [9.17, 15) is 77.8 Å². The van der Waals surface area contributed by atoms with Gasteiger partial charge in [-0.3, -0.25) is 27.3 Å². The monoisotopic (exact) mass is 1100 g/mol. The fourth-order valence-electron chi connectivity index (χ4n) is 5.88. The van der Waals surface area contributed by atoms with Gasteiger partial charge in [-0.1, -0.05) is 12.1 Å². The van der Waals surface area contributed by atoms with Crippen LogP contribution in [0.4, 0.5) is 52.0 Å². The summed E-state index contributed by atoms with van der Waals surface area (Å²) in [6.45, 7) is 0.685. The minimum atomic E-state index is -5.01. The van der Waals surface area contributed by atoms with Crippen LogP contribution < -0.4 is 20.7 Å². The highest BCUT2D eigenvalue weighted by atomic mass is 32.2. The topological polar surface area (TPSA) is 460 Å². The van der Waals surface area contributed by atoms with Crippen molar-refractivity contribution in [3.8, 4) is 5.75 Å². The maximum atomic E-state index is 12.2. The van der Waals surface area contributed by atoms with Gasteiger partial charge in [0.1, 0.15) is 26.1 Å². The Morgan fingerprint density at radius 3 is 1.75 bits per heavy atom. The molecular formula is C36H34N10O19S6. The van der Waals surface area contributed by atoms with Crippen LogP contribution in [0.5, 0.6) is 5.75 Å². The lowest BCUT2D eigenvalue weighted by molar-refractivity contribution is 0.317. The molecule has 0 aliphatic heterocycles. The molecule has 1 unspecified atom stereocenters. The number of azo groups is 2. The molecule has 5 aromatic carbocycles. The Kier molecular flexibility index (Phi) is 15.5. The summed E-state index contributed by atoms with van der Waals surface area (Å²) >= 11 is 0. The first kappa shape index (κ1) is 53.6. The van der Waals surface area contributed by atoms with Gasteiger partial charge in [-0.15, -0.1) is 5.11 Å². The maximum absolute atomic E-state index is 12.2. The third-order valence-electron chi connectivity index (χ3n) is 9.07. The van der Waals surface area contributed by atoms with Gasteiger partial charge >= 0.3 is 0 Å². The molecule has 9 N–H and O–H groups in total. The van der Waals surface area contributed by atoms with Crippen molar-refractivity contribution < 1.29 is 82.6 Å². The minimum Gasteiger partial charge on any atom is -0.491 e. The number of nitrogens with one attached hydrogen (secondary N) is 3. The molecule has 0 fully saturated rings. The molecule has 6 aromatic rings. The van der Waals surface area contributed by atoms with Crippen LogP contribution in [0.2, 0.25) is 0 Å². The van der Waals surface area contributed by atoms with Crippen LogP contribution in [0.3, 0.4) is 0 Å². The normalized spacial score (nSPS) is 13.4. The van der Waals surface area contributed by atoms with Crippen molar-refractivity contribution >= 4 is 123 Å². The predicted molar refractivity (Wildman–Crippen MR) is 248 cm³/mol. The molecule has 0 amide bonds. The van der Waals surface area contributed by atoms with Gasteiger partial charge in [0.25, 0.3) is 60.7 Å². The van der Waals surface area contributed by atoms with Gasteiger partial charge in [0.15, 0.2) is 5.37 Å². The average Bonchev–Trinajstić information content (AvgIpc) is 3.25. The van der Waals surface area contributed by atoms with E-state index in [-0.39, 0.29) is 69.9 Å². The Hall–Kier alpha value is -6.77. The summed E-state index contributed by atoms with van der Waals surface area (Å²) in [5.74, 6) is -1.98. The molecule has 0 spiro atoms. The van der Waals surface area contributed by atoms with Gasteiger partial charge < -0.3 is 20.7 Å². The second-order valence-corrected chi connectivity index (χ2v) is 23.2. The first-order valence-electron chi connectivity index (χ1n) is 19.1. The number of hydrogen-bond acceptors (Lipinski definition) is 23. The standard InChI is InChI=1S/C36H34N10O19S6/c1-20(67(50,51)52)37-34-40-35(38-21-6-8-22(9-7-21)43-45-24-16-27-26(33(18-24)71(62,63)64)4-2-5-31(27)69(56,57)58)42-36(41-34)39-28-12-10-23(17-30(28)65-14-3-15-66(47,48)49)44-46-29-19-25(68(53,54)55)11-13-32(29)70(59,60)61/h2,4-13,16-20H,3,14-15H2,1H3,(H,47,48,49)(H,50,51,52)(H,53,54,55)(H,56,57,58)(H,59,60,61)(H,62,63,64)(H3,37,38,39,40,41,42). The lowest BCUT2D eigenvalue weighted by atomic mass is 10.1. The fraction of sp³-hybridized carbons (Fsp3) is 0.139. The molecule has 71 heavy (non-hydrogen) atoms. The van der Waals surface area contributed by atoms with E-state index in [1.165, 1.54) is 42.5 Å². The molecule has 0 aliphatic carbocycles. The Labute approximate surface area is 402 Å². The zero-order valence-electron chi connectivity index (χ0n) is 35.4. The van der Waals surface area contributed by atoms with Crippen molar-refractivity contribution in [3.63, 3.8) is 0 Å². The van der Waals surface area contributed by atoms with Gasteiger partial charge in [-0.2, -0.15) is 80.8 Å². The van der Waals surface area contributed by atoms with E-state index >= 15 is 0 Å². The smallest absolute Gasteiger partial charge is 0.296 e. The summed E-state index contributed by atoms with van der Waals surface area (Å²) in [6.07, 6.45) is -0.262. The van der Waals surface area contributed by atoms with Crippen LogP contribution in [0, 0.1) is 0 Å². The van der Waals surface area contributed by atoms with Crippen molar-refractivity contribution in [3.05, 3.63) is 91.0 Å². The van der Waals surface area contributed by atoms with Crippen LogP contribution in [-0.2, 0) is 60.7 Å². The van der Waals surface area contributed by atoms with Crippen molar-refractivity contribution in [2.75, 3.05) is 28.3 Å². The van der Waals surface area contributed by atoms with Crippen molar-refractivity contribution in [1.82, 2.24) is 15.0 Å². The zero-order chi connectivity index (χ0) is 52.3. The van der Waals surface area contributed by atoms with Crippen molar-refractivity contribution in [2.45, 2.75) is 38.3 Å². The second kappa shape index (κ2) is 20.5. The predicted octanol–water partition coefficient (Wildman–Crippen LogP) is 5.63. The molecule has 0 bridgehead atoms. The molecule has 35 heteroatoms. The lowest BCUT2D eigenvalue weighted by Crippen LogP contribution is -2.27. The molecule has 29 nitrogen and oxygen atoms in total. The van der Waals surface area contributed by atoms with E-state index in [0.717, 1.165) is 37.3 Å². The van der Waals surface area contributed by atoms with Gasteiger partial charge in [-0.05, 0) is 86.1 Å². The van der Waals surface area contributed by atoms with E-state index in [1.807, 2.05) is 0 Å². The second-order valence-electron chi connectivity index (χ2n) is 14.3. The third kappa shape index (κ3) is 14.6. The summed E-state index contributed by atoms with van der Waals surface area (Å²) in [4.78, 5) is 9.46. The molecule has 0 aliphatic rings. The van der Waals surface area contributed by atoms with Gasteiger partial charge in [0.2, 0.25) is 17.8 Å². The number of ether oxygens (including phenoxy) is 1. The Morgan fingerprint density at radius 2 is 1.14 bits per heavy atom.